The molecule has 29 heavy (non-hydrogen) atoms. The molecule has 1 saturated heterocycles. The Morgan fingerprint density at radius 3 is 2.48 bits per heavy atom. The third-order valence-electron chi connectivity index (χ3n) is 4.59. The summed E-state index contributed by atoms with van der Waals surface area (Å²) in [6.07, 6.45) is 2.75. The van der Waals surface area contributed by atoms with E-state index in [9.17, 15) is 9.59 Å². The number of ether oxygens (including phenoxy) is 3. The van der Waals surface area contributed by atoms with E-state index in [0.717, 1.165) is 15.2 Å². The highest BCUT2D eigenvalue weighted by molar-refractivity contribution is 9.10. The first-order valence-electron chi connectivity index (χ1n) is 9.49. The van der Waals surface area contributed by atoms with Crippen molar-refractivity contribution in [3.8, 4) is 5.75 Å². The number of carbonyl (C=O) groups is 2. The highest BCUT2D eigenvalue weighted by Crippen LogP contribution is 2.33. The van der Waals surface area contributed by atoms with Gasteiger partial charge in [-0.2, -0.15) is 0 Å². The molecular formula is C21H25BrN2O5. The lowest BCUT2D eigenvalue weighted by Crippen LogP contribution is -2.44. The SMILES string of the molecule is COC(=O)c1cc2c(Br)ccc(OC3CCN(C(=O)OC(C)(C)C)CC3)c2cn1. The van der Waals surface area contributed by atoms with Gasteiger partial charge in [0.15, 0.2) is 0 Å². The second kappa shape index (κ2) is 8.57. The molecule has 1 amide bonds. The summed E-state index contributed by atoms with van der Waals surface area (Å²) < 4.78 is 17.2. The van der Waals surface area contributed by atoms with Gasteiger partial charge in [0.05, 0.1) is 7.11 Å². The Morgan fingerprint density at radius 1 is 1.17 bits per heavy atom. The zero-order chi connectivity index (χ0) is 21.2. The van der Waals surface area contributed by atoms with Crippen LogP contribution in [-0.4, -0.2) is 53.9 Å². The Kier molecular flexibility index (Phi) is 6.31. The van der Waals surface area contributed by atoms with Gasteiger partial charge >= 0.3 is 12.1 Å². The Hall–Kier alpha value is -2.35. The lowest BCUT2D eigenvalue weighted by molar-refractivity contribution is 0.0127. The zero-order valence-corrected chi connectivity index (χ0v) is 18.6. The maximum Gasteiger partial charge on any atom is 0.410 e. The fraction of sp³-hybridized carbons (Fsp3) is 0.476. The van der Waals surface area contributed by atoms with E-state index < -0.39 is 11.6 Å². The zero-order valence-electron chi connectivity index (χ0n) is 17.0. The Morgan fingerprint density at radius 2 is 1.86 bits per heavy atom. The number of carbonyl (C=O) groups excluding carboxylic acids is 2. The molecule has 0 atom stereocenters. The minimum absolute atomic E-state index is 0.0154. The number of halogens is 1. The molecule has 3 rings (SSSR count). The molecule has 8 heteroatoms. The number of benzene rings is 1. The van der Waals surface area contributed by atoms with Crippen molar-refractivity contribution >= 4 is 38.8 Å². The molecule has 0 aliphatic carbocycles. The van der Waals surface area contributed by atoms with Crippen molar-refractivity contribution in [2.75, 3.05) is 20.2 Å². The predicted molar refractivity (Wildman–Crippen MR) is 112 cm³/mol. The van der Waals surface area contributed by atoms with Crippen LogP contribution in [0.3, 0.4) is 0 Å². The van der Waals surface area contributed by atoms with Crippen LogP contribution in [0.1, 0.15) is 44.1 Å². The molecule has 0 radical (unpaired) electrons. The van der Waals surface area contributed by atoms with E-state index in [1.54, 1.807) is 17.2 Å². The van der Waals surface area contributed by atoms with Gasteiger partial charge < -0.3 is 19.1 Å². The number of fused-ring (bicyclic) bond motifs is 1. The quantitative estimate of drug-likeness (QED) is 0.619. The van der Waals surface area contributed by atoms with Gasteiger partial charge in [0.25, 0.3) is 0 Å². The smallest absolute Gasteiger partial charge is 0.410 e. The van der Waals surface area contributed by atoms with Crippen molar-refractivity contribution in [3.63, 3.8) is 0 Å². The van der Waals surface area contributed by atoms with Crippen LogP contribution in [0.25, 0.3) is 10.8 Å². The number of nitrogens with zero attached hydrogens (tertiary/aromatic N) is 2. The molecule has 2 heterocycles. The fourth-order valence-electron chi connectivity index (χ4n) is 3.16. The van der Waals surface area contributed by atoms with Gasteiger partial charge in [0, 0.05) is 47.4 Å². The van der Waals surface area contributed by atoms with E-state index >= 15 is 0 Å². The number of methoxy groups -OCH3 is 1. The fourth-order valence-corrected chi connectivity index (χ4v) is 3.62. The van der Waals surface area contributed by atoms with E-state index in [1.807, 2.05) is 32.9 Å². The summed E-state index contributed by atoms with van der Waals surface area (Å²) in [7, 11) is 1.33. The largest absolute Gasteiger partial charge is 0.490 e. The summed E-state index contributed by atoms with van der Waals surface area (Å²) in [6.45, 7) is 6.74. The molecule has 1 fully saturated rings. The van der Waals surface area contributed by atoms with E-state index in [1.165, 1.54) is 7.11 Å². The number of amides is 1. The van der Waals surface area contributed by atoms with Crippen LogP contribution in [0, 0.1) is 0 Å². The van der Waals surface area contributed by atoms with Crippen LogP contribution in [0.4, 0.5) is 4.79 Å². The third kappa shape index (κ3) is 5.18. The topological polar surface area (TPSA) is 78.0 Å². The molecule has 1 aliphatic rings. The monoisotopic (exact) mass is 464 g/mol. The van der Waals surface area contributed by atoms with Crippen molar-refractivity contribution < 1.29 is 23.8 Å². The second-order valence-electron chi connectivity index (χ2n) is 7.94. The second-order valence-corrected chi connectivity index (χ2v) is 8.79. The normalized spacial score (nSPS) is 15.3. The minimum Gasteiger partial charge on any atom is -0.490 e. The Labute approximate surface area is 178 Å². The maximum atomic E-state index is 12.2. The standard InChI is InChI=1S/C21H25BrN2O5/c1-21(2,3)29-20(26)24-9-7-13(8-10-24)28-18-6-5-16(22)14-11-17(19(25)27-4)23-12-15(14)18/h5-6,11-13H,7-10H2,1-4H3. The van der Waals surface area contributed by atoms with Crippen LogP contribution in [0.2, 0.25) is 0 Å². The van der Waals surface area contributed by atoms with Gasteiger partial charge in [-0.25, -0.2) is 14.6 Å². The number of hydrogen-bond donors (Lipinski definition) is 0. The van der Waals surface area contributed by atoms with Gasteiger partial charge in [0.2, 0.25) is 0 Å². The number of aromatic nitrogens is 1. The molecule has 1 aromatic heterocycles. The molecule has 7 nitrogen and oxygen atoms in total. The summed E-state index contributed by atoms with van der Waals surface area (Å²) in [5, 5.41) is 1.63. The molecular weight excluding hydrogens is 440 g/mol. The van der Waals surface area contributed by atoms with Gasteiger partial charge in [-0.05, 0) is 39.0 Å². The van der Waals surface area contributed by atoms with Crippen molar-refractivity contribution in [2.45, 2.75) is 45.3 Å². The molecule has 0 spiro atoms. The van der Waals surface area contributed by atoms with E-state index in [-0.39, 0.29) is 17.9 Å². The first-order chi connectivity index (χ1) is 13.7. The van der Waals surface area contributed by atoms with Gasteiger partial charge in [-0.15, -0.1) is 0 Å². The number of piperidine rings is 1. The maximum absolute atomic E-state index is 12.2. The molecule has 0 N–H and O–H groups in total. The molecule has 2 aromatic rings. The number of esters is 1. The van der Waals surface area contributed by atoms with Crippen molar-refractivity contribution in [1.29, 1.82) is 0 Å². The van der Waals surface area contributed by atoms with Gasteiger partial charge in [-0.1, -0.05) is 15.9 Å². The van der Waals surface area contributed by atoms with Gasteiger partial charge in [-0.3, -0.25) is 0 Å². The number of pyridine rings is 1. The van der Waals surface area contributed by atoms with E-state index in [0.29, 0.717) is 31.7 Å². The average molecular weight is 465 g/mol. The Balaban J connectivity index is 1.71. The predicted octanol–water partition coefficient (Wildman–Crippen LogP) is 4.56. The summed E-state index contributed by atoms with van der Waals surface area (Å²) in [5.41, 5.74) is -0.264. The molecule has 0 saturated carbocycles. The highest BCUT2D eigenvalue weighted by Gasteiger charge is 2.28. The highest BCUT2D eigenvalue weighted by atomic mass is 79.9. The molecule has 0 bridgehead atoms. The lowest BCUT2D eigenvalue weighted by atomic mass is 10.1. The average Bonchev–Trinajstić information content (AvgIpc) is 2.68. The van der Waals surface area contributed by atoms with Crippen LogP contribution in [0.15, 0.2) is 28.9 Å². The first-order valence-corrected chi connectivity index (χ1v) is 10.3. The van der Waals surface area contributed by atoms with Crippen molar-refractivity contribution in [3.05, 3.63) is 34.6 Å². The van der Waals surface area contributed by atoms with E-state index in [2.05, 4.69) is 20.9 Å². The van der Waals surface area contributed by atoms with Crippen molar-refractivity contribution in [1.82, 2.24) is 9.88 Å². The molecule has 1 aliphatic heterocycles. The summed E-state index contributed by atoms with van der Waals surface area (Å²) in [5.74, 6) is 0.211. The minimum atomic E-state index is -0.503. The lowest BCUT2D eigenvalue weighted by Gasteiger charge is -2.33. The first kappa shape index (κ1) is 21.4. The molecule has 0 unspecified atom stereocenters. The summed E-state index contributed by atoms with van der Waals surface area (Å²) in [4.78, 5) is 29.9. The van der Waals surface area contributed by atoms with E-state index in [4.69, 9.17) is 14.2 Å². The van der Waals surface area contributed by atoms with Crippen LogP contribution >= 0.6 is 15.9 Å². The van der Waals surface area contributed by atoms with Crippen LogP contribution in [-0.2, 0) is 9.47 Å². The Bertz CT molecular complexity index is 917. The molecule has 156 valence electrons. The van der Waals surface area contributed by atoms with Gasteiger partial charge in [0.1, 0.15) is 23.1 Å². The number of likely N-dealkylation sites (tertiary alicyclic amines) is 1. The molecule has 1 aromatic carbocycles. The van der Waals surface area contributed by atoms with Crippen molar-refractivity contribution in [2.24, 2.45) is 0 Å². The summed E-state index contributed by atoms with van der Waals surface area (Å²) >= 11 is 3.52. The number of hydrogen-bond acceptors (Lipinski definition) is 6. The third-order valence-corrected chi connectivity index (χ3v) is 5.28. The van der Waals surface area contributed by atoms with Crippen LogP contribution in [0.5, 0.6) is 5.75 Å². The number of rotatable bonds is 3. The summed E-state index contributed by atoms with van der Waals surface area (Å²) in [6, 6.07) is 5.45. The van der Waals surface area contributed by atoms with Crippen LogP contribution < -0.4 is 4.74 Å².